The van der Waals surface area contributed by atoms with Crippen LogP contribution in [-0.4, -0.2) is 24.9 Å². The SMILES string of the molecule is CCNS(=O)(=O)c1ccc(NC(CC)c2ncc[nH]2)cc1. The van der Waals surface area contributed by atoms with E-state index < -0.39 is 10.0 Å². The number of rotatable bonds is 7. The van der Waals surface area contributed by atoms with E-state index in [4.69, 9.17) is 0 Å². The smallest absolute Gasteiger partial charge is 0.240 e. The number of imidazole rings is 1. The molecule has 0 amide bonds. The molecule has 1 unspecified atom stereocenters. The van der Waals surface area contributed by atoms with Gasteiger partial charge in [-0.3, -0.25) is 0 Å². The Morgan fingerprint density at radius 1 is 1.24 bits per heavy atom. The molecule has 1 atom stereocenters. The van der Waals surface area contributed by atoms with Gasteiger partial charge in [-0.2, -0.15) is 0 Å². The van der Waals surface area contributed by atoms with Crippen LogP contribution >= 0.6 is 0 Å². The molecule has 6 nitrogen and oxygen atoms in total. The topological polar surface area (TPSA) is 86.9 Å². The lowest BCUT2D eigenvalue weighted by Gasteiger charge is -2.16. The number of aromatic amines is 1. The van der Waals surface area contributed by atoms with Crippen molar-refractivity contribution in [3.8, 4) is 0 Å². The molecule has 0 saturated carbocycles. The van der Waals surface area contributed by atoms with Gasteiger partial charge in [0.15, 0.2) is 0 Å². The molecular weight excluding hydrogens is 288 g/mol. The first-order valence-electron chi connectivity index (χ1n) is 6.92. The molecule has 114 valence electrons. The first kappa shape index (κ1) is 15.5. The van der Waals surface area contributed by atoms with Crippen molar-refractivity contribution in [2.24, 2.45) is 0 Å². The van der Waals surface area contributed by atoms with Gasteiger partial charge in [0.2, 0.25) is 10.0 Å². The zero-order valence-electron chi connectivity index (χ0n) is 12.1. The van der Waals surface area contributed by atoms with E-state index in [2.05, 4.69) is 26.9 Å². The van der Waals surface area contributed by atoms with Crippen LogP contribution in [-0.2, 0) is 10.0 Å². The quantitative estimate of drug-likeness (QED) is 0.732. The molecular formula is C14H20N4O2S. The van der Waals surface area contributed by atoms with Crippen LogP contribution in [0.5, 0.6) is 0 Å². The second-order valence-corrected chi connectivity index (χ2v) is 6.37. The molecule has 7 heteroatoms. The molecule has 1 aromatic heterocycles. The number of H-pyrrole nitrogens is 1. The van der Waals surface area contributed by atoms with Crippen LogP contribution in [0.2, 0.25) is 0 Å². The Morgan fingerprint density at radius 3 is 2.48 bits per heavy atom. The molecule has 1 aromatic carbocycles. The number of aromatic nitrogens is 2. The highest BCUT2D eigenvalue weighted by atomic mass is 32.2. The number of sulfonamides is 1. The zero-order valence-corrected chi connectivity index (χ0v) is 12.9. The van der Waals surface area contributed by atoms with Crippen molar-refractivity contribution < 1.29 is 8.42 Å². The third-order valence-corrected chi connectivity index (χ3v) is 4.66. The van der Waals surface area contributed by atoms with E-state index in [1.165, 1.54) is 0 Å². The molecule has 0 aliphatic rings. The number of nitrogens with one attached hydrogen (secondary N) is 3. The van der Waals surface area contributed by atoms with E-state index in [0.717, 1.165) is 17.9 Å². The van der Waals surface area contributed by atoms with Gasteiger partial charge < -0.3 is 10.3 Å². The van der Waals surface area contributed by atoms with Crippen LogP contribution < -0.4 is 10.0 Å². The van der Waals surface area contributed by atoms with Gasteiger partial charge in [-0.05, 0) is 30.7 Å². The Kier molecular flexibility index (Phi) is 4.98. The van der Waals surface area contributed by atoms with Crippen LogP contribution in [0.3, 0.4) is 0 Å². The summed E-state index contributed by atoms with van der Waals surface area (Å²) in [5.41, 5.74) is 0.855. The van der Waals surface area contributed by atoms with Gasteiger partial charge in [0.05, 0.1) is 10.9 Å². The molecule has 0 aliphatic carbocycles. The molecule has 0 radical (unpaired) electrons. The molecule has 0 saturated heterocycles. The molecule has 0 spiro atoms. The van der Waals surface area contributed by atoms with Gasteiger partial charge in [-0.25, -0.2) is 18.1 Å². The van der Waals surface area contributed by atoms with E-state index in [1.54, 1.807) is 43.6 Å². The predicted octanol–water partition coefficient (Wildman–Crippen LogP) is 2.27. The number of hydrogen-bond acceptors (Lipinski definition) is 4. The molecule has 0 aliphatic heterocycles. The molecule has 1 heterocycles. The summed E-state index contributed by atoms with van der Waals surface area (Å²) in [5, 5.41) is 3.33. The van der Waals surface area contributed by atoms with E-state index in [-0.39, 0.29) is 10.9 Å². The summed E-state index contributed by atoms with van der Waals surface area (Å²) in [6.45, 7) is 4.19. The van der Waals surface area contributed by atoms with Crippen LogP contribution in [0, 0.1) is 0 Å². The lowest BCUT2D eigenvalue weighted by atomic mass is 10.2. The van der Waals surface area contributed by atoms with Crippen LogP contribution in [0.1, 0.15) is 32.1 Å². The summed E-state index contributed by atoms with van der Waals surface area (Å²) in [5.74, 6) is 0.863. The first-order chi connectivity index (χ1) is 10.1. The summed E-state index contributed by atoms with van der Waals surface area (Å²) < 4.78 is 26.2. The first-order valence-corrected chi connectivity index (χ1v) is 8.40. The Balaban J connectivity index is 2.12. The standard InChI is InChI=1S/C14H20N4O2S/c1-3-13(14-15-9-10-16-14)18-11-5-7-12(8-6-11)21(19,20)17-4-2/h5-10,13,17-18H,3-4H2,1-2H3,(H,15,16). The number of nitrogens with zero attached hydrogens (tertiary/aromatic N) is 1. The lowest BCUT2D eigenvalue weighted by Crippen LogP contribution is -2.23. The predicted molar refractivity (Wildman–Crippen MR) is 82.5 cm³/mol. The van der Waals surface area contributed by atoms with Crippen LogP contribution in [0.25, 0.3) is 0 Å². The summed E-state index contributed by atoms with van der Waals surface area (Å²) in [6, 6.07) is 6.77. The molecule has 21 heavy (non-hydrogen) atoms. The summed E-state index contributed by atoms with van der Waals surface area (Å²) in [7, 11) is -3.40. The fourth-order valence-electron chi connectivity index (χ4n) is 2.04. The third kappa shape index (κ3) is 3.83. The third-order valence-electron chi connectivity index (χ3n) is 3.10. The molecule has 3 N–H and O–H groups in total. The normalized spacial score (nSPS) is 13.0. The molecule has 2 rings (SSSR count). The van der Waals surface area contributed by atoms with Crippen molar-refractivity contribution in [2.75, 3.05) is 11.9 Å². The van der Waals surface area contributed by atoms with E-state index in [9.17, 15) is 8.42 Å². The van der Waals surface area contributed by atoms with E-state index >= 15 is 0 Å². The second kappa shape index (κ2) is 6.73. The Labute approximate surface area is 125 Å². The summed E-state index contributed by atoms with van der Waals surface area (Å²) >= 11 is 0. The van der Waals surface area contributed by atoms with Gasteiger partial charge in [0.25, 0.3) is 0 Å². The van der Waals surface area contributed by atoms with Gasteiger partial charge in [0.1, 0.15) is 5.82 Å². The number of hydrogen-bond donors (Lipinski definition) is 3. The number of anilines is 1. The van der Waals surface area contributed by atoms with E-state index in [0.29, 0.717) is 6.54 Å². The minimum atomic E-state index is -3.40. The summed E-state index contributed by atoms with van der Waals surface area (Å²) in [4.78, 5) is 7.59. The minimum Gasteiger partial charge on any atom is -0.375 e. The maximum atomic E-state index is 11.9. The maximum absolute atomic E-state index is 11.9. The average Bonchev–Trinajstić information content (AvgIpc) is 2.99. The minimum absolute atomic E-state index is 0.0659. The Bertz CT molecular complexity index is 651. The monoisotopic (exact) mass is 308 g/mol. The highest BCUT2D eigenvalue weighted by Gasteiger charge is 2.14. The fraction of sp³-hybridized carbons (Fsp3) is 0.357. The van der Waals surface area contributed by atoms with E-state index in [1.807, 2.05) is 0 Å². The zero-order chi connectivity index (χ0) is 15.3. The van der Waals surface area contributed by atoms with Crippen molar-refractivity contribution in [1.82, 2.24) is 14.7 Å². The van der Waals surface area contributed by atoms with Gasteiger partial charge in [-0.1, -0.05) is 13.8 Å². The lowest BCUT2D eigenvalue weighted by molar-refractivity contribution is 0.584. The van der Waals surface area contributed by atoms with Crippen molar-refractivity contribution in [2.45, 2.75) is 31.2 Å². The van der Waals surface area contributed by atoms with Gasteiger partial charge in [-0.15, -0.1) is 0 Å². The largest absolute Gasteiger partial charge is 0.375 e. The maximum Gasteiger partial charge on any atom is 0.240 e. The second-order valence-electron chi connectivity index (χ2n) is 4.61. The van der Waals surface area contributed by atoms with Crippen LogP contribution in [0.15, 0.2) is 41.6 Å². The highest BCUT2D eigenvalue weighted by molar-refractivity contribution is 7.89. The average molecular weight is 308 g/mol. The number of benzene rings is 1. The van der Waals surface area contributed by atoms with Gasteiger partial charge in [0, 0.05) is 24.6 Å². The molecule has 0 bridgehead atoms. The van der Waals surface area contributed by atoms with Crippen molar-refractivity contribution in [3.05, 3.63) is 42.5 Å². The van der Waals surface area contributed by atoms with Crippen molar-refractivity contribution in [1.29, 1.82) is 0 Å². The Hall–Kier alpha value is -1.86. The van der Waals surface area contributed by atoms with Gasteiger partial charge >= 0.3 is 0 Å². The van der Waals surface area contributed by atoms with Crippen molar-refractivity contribution in [3.63, 3.8) is 0 Å². The molecule has 2 aromatic rings. The highest BCUT2D eigenvalue weighted by Crippen LogP contribution is 2.21. The molecule has 0 fully saturated rings. The Morgan fingerprint density at radius 2 is 1.95 bits per heavy atom. The fourth-order valence-corrected chi connectivity index (χ4v) is 3.08. The summed E-state index contributed by atoms with van der Waals surface area (Å²) in [6.07, 6.45) is 4.36. The van der Waals surface area contributed by atoms with Crippen molar-refractivity contribution >= 4 is 15.7 Å². The van der Waals surface area contributed by atoms with Crippen LogP contribution in [0.4, 0.5) is 5.69 Å².